The molecule has 0 atom stereocenters. The normalized spacial score (nSPS) is 11.0. The van der Waals surface area contributed by atoms with E-state index < -0.39 is 0 Å². The Morgan fingerprint density at radius 2 is 1.85 bits per heavy atom. The lowest BCUT2D eigenvalue weighted by Crippen LogP contribution is -2.19. The smallest absolute Gasteiger partial charge is 0.244 e. The van der Waals surface area contributed by atoms with Crippen molar-refractivity contribution in [2.75, 3.05) is 7.11 Å². The molecule has 0 saturated carbocycles. The first-order chi connectivity index (χ1) is 12.6. The number of fused-ring (bicyclic) bond motifs is 1. The van der Waals surface area contributed by atoms with Crippen molar-refractivity contribution in [1.29, 1.82) is 0 Å². The molecular weight excluding hydrogens is 460 g/mol. The predicted octanol–water partition coefficient (Wildman–Crippen LogP) is 5.07. The first kappa shape index (κ1) is 18.6. The molecule has 0 bridgehead atoms. The minimum atomic E-state index is -0.165. The molecule has 132 valence electrons. The van der Waals surface area contributed by atoms with E-state index in [2.05, 4.69) is 42.4 Å². The molecule has 0 fully saturated rings. The maximum atomic E-state index is 12.2. The number of halogens is 2. The minimum Gasteiger partial charge on any atom is -0.496 e. The molecule has 0 spiro atoms. The number of hydrazone groups is 1. The summed E-state index contributed by atoms with van der Waals surface area (Å²) in [5, 5.41) is 6.18. The summed E-state index contributed by atoms with van der Waals surface area (Å²) < 4.78 is 7.03. The monoisotopic (exact) mass is 474 g/mol. The van der Waals surface area contributed by atoms with Crippen molar-refractivity contribution in [3.8, 4) is 5.75 Å². The minimum absolute atomic E-state index is 0.165. The van der Waals surface area contributed by atoms with E-state index in [1.165, 1.54) is 0 Å². The first-order valence-corrected chi connectivity index (χ1v) is 9.48. The standard InChI is InChI=1S/C20H16Br2N2O2/c1-26-19-9-6-13(10-18(19)22)12-23-24-20(25)11-14-7-8-17(21)16-5-3-2-4-15(14)16/h2-10,12H,11H2,1H3,(H,24,25)/b23-12+. The first-order valence-electron chi connectivity index (χ1n) is 7.90. The zero-order valence-electron chi connectivity index (χ0n) is 14.0. The molecule has 0 radical (unpaired) electrons. The number of nitrogens with one attached hydrogen (secondary N) is 1. The lowest BCUT2D eigenvalue weighted by atomic mass is 10.0. The molecule has 0 unspecified atom stereocenters. The van der Waals surface area contributed by atoms with Gasteiger partial charge in [0.2, 0.25) is 5.91 Å². The number of ether oxygens (including phenoxy) is 1. The maximum Gasteiger partial charge on any atom is 0.244 e. The van der Waals surface area contributed by atoms with E-state index in [1.54, 1.807) is 13.3 Å². The summed E-state index contributed by atoms with van der Waals surface area (Å²) in [6.45, 7) is 0. The van der Waals surface area contributed by atoms with Gasteiger partial charge >= 0.3 is 0 Å². The molecular formula is C20H16Br2N2O2. The van der Waals surface area contributed by atoms with Gasteiger partial charge in [0, 0.05) is 4.47 Å². The fraction of sp³-hybridized carbons (Fsp3) is 0.100. The topological polar surface area (TPSA) is 50.7 Å². The molecule has 4 nitrogen and oxygen atoms in total. The molecule has 3 rings (SSSR count). The van der Waals surface area contributed by atoms with Gasteiger partial charge in [0.25, 0.3) is 0 Å². The molecule has 0 aromatic heterocycles. The Morgan fingerprint density at radius 1 is 1.08 bits per heavy atom. The van der Waals surface area contributed by atoms with Crippen molar-refractivity contribution in [1.82, 2.24) is 5.43 Å². The van der Waals surface area contributed by atoms with Gasteiger partial charge in [0.1, 0.15) is 5.75 Å². The number of rotatable bonds is 5. The van der Waals surface area contributed by atoms with E-state index >= 15 is 0 Å². The van der Waals surface area contributed by atoms with Crippen LogP contribution in [-0.2, 0) is 11.2 Å². The van der Waals surface area contributed by atoms with Gasteiger partial charge in [0.15, 0.2) is 0 Å². The van der Waals surface area contributed by atoms with E-state index in [1.807, 2.05) is 54.6 Å². The largest absolute Gasteiger partial charge is 0.496 e. The van der Waals surface area contributed by atoms with Crippen LogP contribution in [0.5, 0.6) is 5.75 Å². The molecule has 0 heterocycles. The van der Waals surface area contributed by atoms with Crippen molar-refractivity contribution in [2.24, 2.45) is 5.10 Å². The van der Waals surface area contributed by atoms with Crippen LogP contribution in [0, 0.1) is 0 Å². The highest BCUT2D eigenvalue weighted by atomic mass is 79.9. The number of methoxy groups -OCH3 is 1. The molecule has 6 heteroatoms. The van der Waals surface area contributed by atoms with Crippen molar-refractivity contribution >= 4 is 54.8 Å². The van der Waals surface area contributed by atoms with Crippen LogP contribution in [0.15, 0.2) is 68.6 Å². The predicted molar refractivity (Wildman–Crippen MR) is 112 cm³/mol. The second kappa shape index (κ2) is 8.47. The van der Waals surface area contributed by atoms with Crippen molar-refractivity contribution in [2.45, 2.75) is 6.42 Å². The summed E-state index contributed by atoms with van der Waals surface area (Å²) in [6.07, 6.45) is 1.86. The van der Waals surface area contributed by atoms with Crippen molar-refractivity contribution in [3.05, 3.63) is 74.7 Å². The van der Waals surface area contributed by atoms with E-state index in [4.69, 9.17) is 4.74 Å². The zero-order chi connectivity index (χ0) is 18.5. The quantitative estimate of drug-likeness (QED) is 0.414. The van der Waals surface area contributed by atoms with Gasteiger partial charge in [0.05, 0.1) is 24.2 Å². The Bertz CT molecular complexity index is 987. The van der Waals surface area contributed by atoms with Gasteiger partial charge in [-0.3, -0.25) is 4.79 Å². The number of hydrogen-bond acceptors (Lipinski definition) is 3. The molecule has 0 aliphatic heterocycles. The fourth-order valence-electron chi connectivity index (χ4n) is 2.63. The fourth-order valence-corrected chi connectivity index (χ4v) is 3.67. The molecule has 26 heavy (non-hydrogen) atoms. The molecule has 0 aliphatic carbocycles. The molecule has 3 aromatic rings. The summed E-state index contributed by atoms with van der Waals surface area (Å²) in [6, 6.07) is 17.5. The summed E-state index contributed by atoms with van der Waals surface area (Å²) in [4.78, 5) is 12.2. The highest BCUT2D eigenvalue weighted by Gasteiger charge is 2.08. The zero-order valence-corrected chi connectivity index (χ0v) is 17.2. The van der Waals surface area contributed by atoms with Gasteiger partial charge in [-0.25, -0.2) is 5.43 Å². The van der Waals surface area contributed by atoms with E-state index in [9.17, 15) is 4.79 Å². The number of amides is 1. The van der Waals surface area contributed by atoms with E-state index in [0.717, 1.165) is 36.6 Å². The Morgan fingerprint density at radius 3 is 2.58 bits per heavy atom. The number of hydrogen-bond donors (Lipinski definition) is 1. The Labute approximate surface area is 168 Å². The molecule has 0 aliphatic rings. The van der Waals surface area contributed by atoms with Gasteiger partial charge in [-0.1, -0.05) is 46.3 Å². The lowest BCUT2D eigenvalue weighted by molar-refractivity contribution is -0.120. The van der Waals surface area contributed by atoms with Gasteiger partial charge in [-0.15, -0.1) is 0 Å². The van der Waals surface area contributed by atoms with Crippen molar-refractivity contribution in [3.63, 3.8) is 0 Å². The second-order valence-corrected chi connectivity index (χ2v) is 7.32. The van der Waals surface area contributed by atoms with E-state index in [-0.39, 0.29) is 12.3 Å². The number of carbonyl (C=O) groups excluding carboxylic acids is 1. The second-order valence-electron chi connectivity index (χ2n) is 5.62. The average Bonchev–Trinajstić information content (AvgIpc) is 2.64. The molecule has 3 aromatic carbocycles. The van der Waals surface area contributed by atoms with Crippen LogP contribution < -0.4 is 10.2 Å². The van der Waals surface area contributed by atoms with Gasteiger partial charge < -0.3 is 4.74 Å². The van der Waals surface area contributed by atoms with Crippen LogP contribution in [0.3, 0.4) is 0 Å². The highest BCUT2D eigenvalue weighted by Crippen LogP contribution is 2.27. The van der Waals surface area contributed by atoms with Gasteiger partial charge in [-0.05, 0) is 62.1 Å². The number of benzene rings is 3. The van der Waals surface area contributed by atoms with Crippen LogP contribution in [0.2, 0.25) is 0 Å². The van der Waals surface area contributed by atoms with Crippen LogP contribution in [0.4, 0.5) is 0 Å². The Balaban J connectivity index is 1.68. The van der Waals surface area contributed by atoms with Crippen LogP contribution in [-0.4, -0.2) is 19.2 Å². The molecule has 0 saturated heterocycles. The van der Waals surface area contributed by atoms with Crippen LogP contribution >= 0.6 is 31.9 Å². The number of nitrogens with zero attached hydrogens (tertiary/aromatic N) is 1. The summed E-state index contributed by atoms with van der Waals surface area (Å²) in [5.41, 5.74) is 4.39. The van der Waals surface area contributed by atoms with Gasteiger partial charge in [-0.2, -0.15) is 5.10 Å². The summed E-state index contributed by atoms with van der Waals surface area (Å²) in [7, 11) is 1.61. The average molecular weight is 476 g/mol. The third-order valence-corrected chi connectivity index (χ3v) is 5.20. The van der Waals surface area contributed by atoms with E-state index in [0.29, 0.717) is 0 Å². The molecule has 1 amide bonds. The SMILES string of the molecule is COc1ccc(/C=N/NC(=O)Cc2ccc(Br)c3ccccc23)cc1Br. The molecule has 1 N–H and O–H groups in total. The highest BCUT2D eigenvalue weighted by molar-refractivity contribution is 9.11. The summed E-state index contributed by atoms with van der Waals surface area (Å²) >= 11 is 6.97. The van der Waals surface area contributed by atoms with Crippen LogP contribution in [0.1, 0.15) is 11.1 Å². The van der Waals surface area contributed by atoms with Crippen molar-refractivity contribution < 1.29 is 9.53 Å². The third kappa shape index (κ3) is 4.31. The Hall–Kier alpha value is -2.18. The Kier molecular flexibility index (Phi) is 6.06. The number of carbonyl (C=O) groups is 1. The lowest BCUT2D eigenvalue weighted by Gasteiger charge is -2.07. The van der Waals surface area contributed by atoms with Crippen LogP contribution in [0.25, 0.3) is 10.8 Å². The summed E-state index contributed by atoms with van der Waals surface area (Å²) in [5.74, 6) is 0.578. The maximum absolute atomic E-state index is 12.2. The third-order valence-electron chi connectivity index (χ3n) is 3.89.